The molecule has 84 heavy (non-hydrogen) atoms. The number of hydrogen-bond acceptors (Lipinski definition) is 19. The van der Waals surface area contributed by atoms with Crippen molar-refractivity contribution in [2.24, 2.45) is 40.9 Å². The maximum atomic E-state index is 14.7. The molecule has 3 amide bonds. The lowest BCUT2D eigenvalue weighted by Gasteiger charge is -2.42. The van der Waals surface area contributed by atoms with Crippen molar-refractivity contribution < 1.29 is 91.6 Å². The Bertz CT molecular complexity index is 2500. The van der Waals surface area contributed by atoms with Crippen molar-refractivity contribution in [3.05, 3.63) is 59.8 Å². The standard InChI is InChI=1S/C63H92N2O19/c1-37-17-13-12-14-18-38(2)49(78-9)33-45-22-20-43(7)63(77,84-45)58(73)59(74)64-27-16-15-19-46(64)60(75)82-50(34-47(67)39(3)30-42(6)56(72)57(80-11)55(71)41(5)29-37)40(4)31-44-21-23-48(51(32-44)79-10)83-61(76)62(8,35-66)36-81-54(70)26-28-65-52(68)24-25-53(65)69/h12-14,17-18,24-25,30,37,39-41,43-46,48-51,56-57,66,72,77H,15-16,19-23,26-29,31-36H2,1-11H3/b14-12+,17-13+,38-18+,42-30+/t37-,39-,40+,41-,43-,44+,45+,46?,48-,49+,50+,51-,56-,57+,62?,63-/m1/s1. The third-order valence-corrected chi connectivity index (χ3v) is 17.5. The summed E-state index contributed by atoms with van der Waals surface area (Å²) < 4.78 is 41.1. The number of nitrogens with zero attached hydrogens (tertiary/aromatic N) is 2. The van der Waals surface area contributed by atoms with Crippen LogP contribution in [0.4, 0.5) is 0 Å². The molecule has 2 bridgehead atoms. The zero-order chi connectivity index (χ0) is 62.2. The summed E-state index contributed by atoms with van der Waals surface area (Å²) >= 11 is 0. The number of ketones is 3. The van der Waals surface area contributed by atoms with Gasteiger partial charge in [0.1, 0.15) is 48.3 Å². The lowest BCUT2D eigenvalue weighted by Crippen LogP contribution is -2.61. The molecule has 0 aromatic rings. The maximum absolute atomic E-state index is 14.7. The number of hydrogen-bond donors (Lipinski definition) is 3. The van der Waals surface area contributed by atoms with Crippen molar-refractivity contribution in [1.29, 1.82) is 0 Å². The molecule has 2 unspecified atom stereocenters. The highest BCUT2D eigenvalue weighted by atomic mass is 16.6. The van der Waals surface area contributed by atoms with Gasteiger partial charge < -0.3 is 53.4 Å². The number of esters is 3. The Balaban J connectivity index is 1.38. The van der Waals surface area contributed by atoms with Gasteiger partial charge in [-0.1, -0.05) is 71.1 Å². The molecule has 21 heteroatoms. The van der Waals surface area contributed by atoms with Crippen molar-refractivity contribution in [3.63, 3.8) is 0 Å². The summed E-state index contributed by atoms with van der Waals surface area (Å²) in [7, 11) is 4.36. The first-order valence-electron chi connectivity index (χ1n) is 29.7. The molecule has 4 aliphatic heterocycles. The Morgan fingerprint density at radius 1 is 0.845 bits per heavy atom. The van der Waals surface area contributed by atoms with Crippen LogP contribution in [-0.2, 0) is 76.3 Å². The van der Waals surface area contributed by atoms with Crippen LogP contribution in [0.5, 0.6) is 0 Å². The number of aliphatic hydroxyl groups is 3. The molecular formula is C63H92N2O19. The average molecular weight is 1180 g/mol. The molecule has 5 aliphatic rings. The minimum Gasteiger partial charge on any atom is -0.464 e. The van der Waals surface area contributed by atoms with E-state index < -0.39 is 138 Å². The first-order chi connectivity index (χ1) is 39.7. The van der Waals surface area contributed by atoms with E-state index in [0.717, 1.165) is 27.5 Å². The Hall–Kier alpha value is -5.55. The van der Waals surface area contributed by atoms with Crippen LogP contribution in [0, 0.1) is 40.9 Å². The molecule has 0 aromatic carbocycles. The van der Waals surface area contributed by atoms with Crippen LogP contribution in [-0.4, -0.2) is 180 Å². The number of amides is 3. The molecule has 0 radical (unpaired) electrons. The van der Waals surface area contributed by atoms with E-state index in [4.69, 9.17) is 33.2 Å². The lowest BCUT2D eigenvalue weighted by molar-refractivity contribution is -0.265. The van der Waals surface area contributed by atoms with E-state index in [1.807, 2.05) is 51.2 Å². The summed E-state index contributed by atoms with van der Waals surface area (Å²) in [5.41, 5.74) is -0.505. The second-order valence-electron chi connectivity index (χ2n) is 24.3. The Kier molecular flexibility index (Phi) is 26.1. The number of ether oxygens (including phenoxy) is 7. The molecule has 2 saturated heterocycles. The van der Waals surface area contributed by atoms with Gasteiger partial charge in [0.25, 0.3) is 23.5 Å². The third-order valence-electron chi connectivity index (χ3n) is 17.5. The largest absolute Gasteiger partial charge is 0.464 e. The number of cyclic esters (lactones) is 1. The molecule has 21 nitrogen and oxygen atoms in total. The molecule has 0 spiro atoms. The number of methoxy groups -OCH3 is 3. The third kappa shape index (κ3) is 18.0. The number of rotatable bonds is 14. The summed E-state index contributed by atoms with van der Waals surface area (Å²) in [5, 5.41) is 34.0. The SMILES string of the molecule is CO[C@H]1C[C@@H]2CC[C@@H](C)[C@@](O)(O2)C(=O)C(=O)N2CCCCC2C(=O)O[C@H]([C@@H](C)C[C@@H]2CC[C@@H](OC(=O)C(C)(CO)COC(=O)CCN3C(=O)C=CC3=O)[C@H](OC)C2)CC(=O)[C@H](C)/C=C(\C)[C@@H](O)[C@@H](OC)C(=O)[C@H](C)C[C@H](C)/C=C/C=C/C=C/1C. The van der Waals surface area contributed by atoms with Gasteiger partial charge in [0.05, 0.1) is 31.3 Å². The van der Waals surface area contributed by atoms with Gasteiger partial charge in [0, 0.05) is 77.2 Å². The average Bonchev–Trinajstić information content (AvgIpc) is 3.14. The minimum atomic E-state index is -2.50. The summed E-state index contributed by atoms with van der Waals surface area (Å²) in [4.78, 5) is 124. The molecule has 1 aliphatic carbocycles. The first-order valence-corrected chi connectivity index (χ1v) is 29.7. The zero-order valence-electron chi connectivity index (χ0n) is 51.0. The maximum Gasteiger partial charge on any atom is 0.329 e. The van der Waals surface area contributed by atoms with Crippen LogP contribution < -0.4 is 0 Å². The Morgan fingerprint density at radius 2 is 1.55 bits per heavy atom. The fourth-order valence-electron chi connectivity index (χ4n) is 11.8. The van der Waals surface area contributed by atoms with Gasteiger partial charge >= 0.3 is 17.9 Å². The Labute approximate surface area is 494 Å². The summed E-state index contributed by atoms with van der Waals surface area (Å²) in [6.07, 6.45) is 10.6. The van der Waals surface area contributed by atoms with E-state index in [1.54, 1.807) is 40.9 Å². The van der Waals surface area contributed by atoms with Crippen molar-refractivity contribution in [1.82, 2.24) is 9.80 Å². The van der Waals surface area contributed by atoms with Crippen LogP contribution in [0.15, 0.2) is 59.8 Å². The molecule has 0 aromatic heterocycles. The monoisotopic (exact) mass is 1180 g/mol. The molecule has 5 rings (SSSR count). The fraction of sp³-hybridized carbons (Fsp3) is 0.698. The van der Waals surface area contributed by atoms with Crippen LogP contribution in [0.2, 0.25) is 0 Å². The number of fused-ring (bicyclic) bond motifs is 3. The zero-order valence-corrected chi connectivity index (χ0v) is 51.0. The number of aliphatic hydroxyl groups excluding tert-OH is 2. The summed E-state index contributed by atoms with van der Waals surface area (Å²) in [6, 6.07) is -1.24. The first kappa shape index (κ1) is 69.2. The van der Waals surface area contributed by atoms with Crippen molar-refractivity contribution in [2.45, 2.75) is 193 Å². The van der Waals surface area contributed by atoms with Gasteiger partial charge in [0.15, 0.2) is 5.78 Å². The van der Waals surface area contributed by atoms with Crippen LogP contribution >= 0.6 is 0 Å². The molecule has 468 valence electrons. The normalized spacial score (nSPS) is 35.4. The van der Waals surface area contributed by atoms with Gasteiger partial charge in [-0.25, -0.2) is 4.79 Å². The molecule has 3 fully saturated rings. The topological polar surface area (TPSA) is 285 Å². The van der Waals surface area contributed by atoms with E-state index in [1.165, 1.54) is 21.1 Å². The number of piperidine rings is 1. The highest BCUT2D eigenvalue weighted by molar-refractivity contribution is 6.39. The predicted octanol–water partition coefficient (Wildman–Crippen LogP) is 5.59. The van der Waals surface area contributed by atoms with E-state index in [9.17, 15) is 58.5 Å². The number of imide groups is 1. The van der Waals surface area contributed by atoms with E-state index in [-0.39, 0.29) is 62.2 Å². The van der Waals surface area contributed by atoms with Crippen LogP contribution in [0.1, 0.15) is 139 Å². The number of Topliss-reactive ketones (excluding diaryl/α,β-unsaturated/α-hetero) is 3. The number of allylic oxidation sites excluding steroid dienone is 6. The highest BCUT2D eigenvalue weighted by Crippen LogP contribution is 2.39. The van der Waals surface area contributed by atoms with E-state index in [2.05, 4.69) is 0 Å². The van der Waals surface area contributed by atoms with Crippen molar-refractivity contribution in [3.8, 4) is 0 Å². The summed E-state index contributed by atoms with van der Waals surface area (Å²) in [6.45, 7) is 12.3. The van der Waals surface area contributed by atoms with Gasteiger partial charge in [-0.05, 0) is 114 Å². The van der Waals surface area contributed by atoms with E-state index >= 15 is 0 Å². The molecule has 1 saturated carbocycles. The minimum absolute atomic E-state index is 0.0139. The smallest absolute Gasteiger partial charge is 0.329 e. The molecule has 4 heterocycles. The summed E-state index contributed by atoms with van der Waals surface area (Å²) in [5.74, 6) is -11.8. The second kappa shape index (κ2) is 31.7. The van der Waals surface area contributed by atoms with Gasteiger partial charge in [0.2, 0.25) is 5.79 Å². The molecular weight excluding hydrogens is 1090 g/mol. The van der Waals surface area contributed by atoms with Crippen molar-refractivity contribution >= 4 is 53.0 Å². The van der Waals surface area contributed by atoms with E-state index in [0.29, 0.717) is 63.4 Å². The van der Waals surface area contributed by atoms with Gasteiger partial charge in [-0.15, -0.1) is 0 Å². The van der Waals surface area contributed by atoms with Crippen LogP contribution in [0.25, 0.3) is 0 Å². The Morgan fingerprint density at radius 3 is 2.20 bits per heavy atom. The molecule has 16 atom stereocenters. The molecule has 3 N–H and O–H groups in total. The van der Waals surface area contributed by atoms with Crippen molar-refractivity contribution in [2.75, 3.05) is 47.6 Å². The number of carbonyl (C=O) groups is 9. The quantitative estimate of drug-likeness (QED) is 0.0628. The van der Waals surface area contributed by atoms with Crippen LogP contribution in [0.3, 0.4) is 0 Å². The predicted molar refractivity (Wildman–Crippen MR) is 306 cm³/mol. The highest BCUT2D eigenvalue weighted by Gasteiger charge is 2.53. The van der Waals surface area contributed by atoms with Gasteiger partial charge in [-0.2, -0.15) is 0 Å². The second-order valence-corrected chi connectivity index (χ2v) is 24.3. The lowest BCUT2D eigenvalue weighted by atomic mass is 9.78. The number of carbonyl (C=O) groups excluding carboxylic acids is 9. The fourth-order valence-corrected chi connectivity index (χ4v) is 11.8. The van der Waals surface area contributed by atoms with Gasteiger partial charge in [-0.3, -0.25) is 43.3 Å².